The molecular weight excluding hydrogens is 2730 g/mol. The number of hydrogen-bond donors (Lipinski definition) is 0. The summed E-state index contributed by atoms with van der Waals surface area (Å²) in [6.45, 7) is 63.0. The van der Waals surface area contributed by atoms with Gasteiger partial charge in [-0.15, -0.1) is 192 Å². The van der Waals surface area contributed by atoms with Gasteiger partial charge in [0.2, 0.25) is 5.69 Å². The molecule has 0 N–H and O–H groups in total. The molecule has 0 saturated carbocycles. The Hall–Kier alpha value is -15.3. The Morgan fingerprint density at radius 3 is 1.36 bits per heavy atom. The second-order valence-corrected chi connectivity index (χ2v) is 36.5. The number of nitriles is 1. The monoisotopic (exact) mass is 2830 g/mol. The van der Waals surface area contributed by atoms with Crippen LogP contribution in [0.5, 0.6) is 0 Å². The molecule has 0 atom stereocenters. The van der Waals surface area contributed by atoms with Crippen molar-refractivity contribution in [1.29, 1.82) is 5.26 Å². The van der Waals surface area contributed by atoms with Crippen molar-refractivity contribution in [2.24, 2.45) is 0 Å². The van der Waals surface area contributed by atoms with Gasteiger partial charge < -0.3 is 22.8 Å². The van der Waals surface area contributed by atoms with E-state index in [0.717, 1.165) is 181 Å². The predicted molar refractivity (Wildman–Crippen MR) is 573 cm³/mol. The van der Waals surface area contributed by atoms with Crippen LogP contribution in [0.25, 0.3) is 161 Å². The first-order chi connectivity index (χ1) is 69.8. The Labute approximate surface area is 939 Å². The summed E-state index contributed by atoms with van der Waals surface area (Å²) in [5, 5.41) is 53.6. The van der Waals surface area contributed by atoms with Crippen molar-refractivity contribution in [1.82, 2.24) is 73.8 Å². The summed E-state index contributed by atoms with van der Waals surface area (Å²) in [6.07, 6.45) is 0. The van der Waals surface area contributed by atoms with Crippen LogP contribution in [-0.4, -0.2) is 73.8 Å². The molecule has 25 heteroatoms. The molecule has 21 rings (SSSR count). The molecule has 0 bridgehead atoms. The molecule has 0 aliphatic heterocycles. The Morgan fingerprint density at radius 2 is 0.785 bits per heavy atom. The first-order valence-electron chi connectivity index (χ1n) is 47.4. The second kappa shape index (κ2) is 49.9. The number of aromatic nitrogens is 15. The van der Waals surface area contributed by atoms with Crippen molar-refractivity contribution >= 4 is 22.7 Å². The Balaban J connectivity index is 0.000000164. The maximum atomic E-state index is 9.21. The largest absolute Gasteiger partial charge is 0.329 e. The van der Waals surface area contributed by atoms with Crippen LogP contribution < -0.4 is 0 Å². The van der Waals surface area contributed by atoms with Crippen LogP contribution >= 0.6 is 0 Å². The zero-order valence-electron chi connectivity index (χ0n) is 84.7. The van der Waals surface area contributed by atoms with Gasteiger partial charge in [-0.1, -0.05) is 234 Å². The Morgan fingerprint density at radius 1 is 0.309 bits per heavy atom. The van der Waals surface area contributed by atoms with Crippen molar-refractivity contribution in [2.45, 2.75) is 128 Å². The number of rotatable bonds is 16. The average Bonchev–Trinajstić information content (AvgIpc) is 1.57. The molecule has 20 nitrogen and oxygen atoms in total. The predicted octanol–water partition coefficient (Wildman–Crippen LogP) is 30.0. The summed E-state index contributed by atoms with van der Waals surface area (Å²) < 4.78 is 10.2. The van der Waals surface area contributed by atoms with Crippen LogP contribution in [0, 0.1) is 137 Å². The smallest absolute Gasteiger partial charge is 0.209 e. The molecule has 0 saturated heterocycles. The van der Waals surface area contributed by atoms with Gasteiger partial charge >= 0.3 is 0 Å². The molecule has 5 aromatic heterocycles. The third kappa shape index (κ3) is 23.6. The number of nitrogens with zero attached hydrogens (tertiary/aromatic N) is 20. The van der Waals surface area contributed by atoms with Crippen molar-refractivity contribution < 1.29 is 101 Å². The van der Waals surface area contributed by atoms with Gasteiger partial charge in [-0.25, -0.2) is 24.6 Å². The van der Waals surface area contributed by atoms with E-state index in [0.29, 0.717) is 46.1 Å². The van der Waals surface area contributed by atoms with E-state index in [2.05, 4.69) is 292 Å². The van der Waals surface area contributed by atoms with Gasteiger partial charge in [0.1, 0.15) is 17.5 Å². The van der Waals surface area contributed by atoms with E-state index in [9.17, 15) is 5.26 Å². The molecule has 15 aromatic carbocycles. The van der Waals surface area contributed by atoms with Gasteiger partial charge in [0, 0.05) is 146 Å². The number of para-hydroxylation sites is 4. The van der Waals surface area contributed by atoms with E-state index in [-0.39, 0.29) is 106 Å². The molecule has 1 aliphatic carbocycles. The molecule has 747 valence electrons. The molecule has 5 radical (unpaired) electrons. The minimum atomic E-state index is -0.0932. The van der Waals surface area contributed by atoms with Gasteiger partial charge in [0.15, 0.2) is 28.7 Å². The summed E-state index contributed by atoms with van der Waals surface area (Å²) in [4.78, 5) is 14.4. The van der Waals surface area contributed by atoms with Crippen molar-refractivity contribution in [2.75, 3.05) is 0 Å². The molecule has 20 aromatic rings. The number of hydrogen-bond acceptors (Lipinski definition) is 11. The third-order valence-electron chi connectivity index (χ3n) is 25.7. The van der Waals surface area contributed by atoms with E-state index >= 15 is 0 Å². The first kappa shape index (κ1) is 112. The number of benzene rings is 15. The summed E-state index contributed by atoms with van der Waals surface area (Å²) in [6, 6.07) is 121. The van der Waals surface area contributed by atoms with Crippen LogP contribution in [0.4, 0.5) is 22.7 Å². The summed E-state index contributed by atoms with van der Waals surface area (Å²) >= 11 is 0. The SMILES string of the molecule is Cc1ccccc1-c1nnc(-c2[c-]cc(C#N)cc2)n1-c1c(C(C)C)cccc1C(C)C.[C-]#[N+]c1c(C)cc(-c2cc(C)c(-n3c(C)nnc3-c3[c-]cccc3)c(C)c2)cc1C.[C-]#[N+]c1cc(C)c(-c2nnc(-c3[c-]cccc3)n2-c2ccccc2)c(C)c1.[C-]#[N+]c1cccc(-n2c(C)nnc2-c2[c-]ccc(-c3ccccc3)c2)c1.[C-]#[N+]c1ccccc1-n1c(C)nnc1-c1[c-]cc2c(c1)C(C)(C)c1ccccc1-2.[Ir].[Ir].[Ir].[Ir].[Ir]. The molecule has 0 unspecified atom stereocenters. The van der Waals surface area contributed by atoms with Crippen molar-refractivity contribution in [3.05, 3.63) is 470 Å². The average molecular weight is 2830 g/mol. The molecule has 0 amide bonds. The van der Waals surface area contributed by atoms with Gasteiger partial charge in [-0.3, -0.25) is 0 Å². The van der Waals surface area contributed by atoms with Crippen LogP contribution in [0.15, 0.2) is 309 Å². The van der Waals surface area contributed by atoms with Gasteiger partial charge in [0.25, 0.3) is 0 Å². The van der Waals surface area contributed by atoms with E-state index in [1.54, 1.807) is 18.2 Å². The minimum Gasteiger partial charge on any atom is -0.329 e. The molecule has 0 spiro atoms. The van der Waals surface area contributed by atoms with Crippen LogP contribution in [0.1, 0.15) is 138 Å². The summed E-state index contributed by atoms with van der Waals surface area (Å²) in [7, 11) is 0. The van der Waals surface area contributed by atoms with Crippen LogP contribution in [0.2, 0.25) is 0 Å². The minimum absolute atomic E-state index is 0. The summed E-state index contributed by atoms with van der Waals surface area (Å²) in [5.41, 5.74) is 33.9. The topological polar surface area (TPSA) is 195 Å². The van der Waals surface area contributed by atoms with Crippen molar-refractivity contribution in [3.63, 3.8) is 0 Å². The molecule has 0 fully saturated rings. The molecule has 5 heterocycles. The maximum Gasteiger partial charge on any atom is 0.209 e. The van der Waals surface area contributed by atoms with Gasteiger partial charge in [-0.05, 0) is 196 Å². The quantitative estimate of drug-likeness (QED) is 0.0835. The Kier molecular flexibility index (Phi) is 37.7. The fraction of sp³-hybridized carbons (Fsp3) is 0.153. The standard InChI is InChI=1S/C28H27N4.C26H23N4.C25H19N4.C23H17N4.C22H15N4.5Ir/c1-18(2)23-11-8-12-24(19(3)4)26(23)32-27(22-15-13-21(17-29)14-16-22)30-31-28(32)25-10-7-6-9-20(25)5;1-16-12-22(13-17(2)24(16)27-6)23-14-18(3)25(19(4)15-23)30-20(5)28-29-26(30)21-10-8-7-9-11-21;1-16-27-28-24(29(16)23-12-8-7-11-22(23)26-4)17-13-14-19-18-9-5-6-10-20(18)25(2,3)21(19)15-17;1-16-14-19(24-3)15-17(2)21(16)23-26-25-22(18-10-6-4-7-11-18)27(23)20-12-8-5-9-13-20;1-16-24-25-22(26(16)21-13-7-12-20(15-21)23-2)19-11-6-10-18(14-19)17-8-4-3-5-9-17;;;;;/h6-15,18-19H,1-5H3;7-10,12-15H,1-5H3;5-12,14-15H,1-3H3;4-10,12-15H,1-2H3;3-10,12-15H,1H3;;;;;/q5*-1;;;;;. The summed E-state index contributed by atoms with van der Waals surface area (Å²) in [5.74, 6) is 8.25. The van der Waals surface area contributed by atoms with E-state index in [1.165, 1.54) is 33.4 Å². The third-order valence-corrected chi connectivity index (χ3v) is 25.7. The van der Waals surface area contributed by atoms with E-state index < -0.39 is 0 Å². The first-order valence-corrected chi connectivity index (χ1v) is 47.4. The van der Waals surface area contributed by atoms with E-state index in [4.69, 9.17) is 26.3 Å². The Bertz CT molecular complexity index is 8340. The molecule has 149 heavy (non-hydrogen) atoms. The zero-order valence-corrected chi connectivity index (χ0v) is 96.7. The molecular formula is C124H101Ir5N20-5. The van der Waals surface area contributed by atoms with Crippen LogP contribution in [-0.2, 0) is 106 Å². The zero-order chi connectivity index (χ0) is 101. The van der Waals surface area contributed by atoms with Crippen molar-refractivity contribution in [3.8, 4) is 148 Å². The van der Waals surface area contributed by atoms with E-state index in [1.807, 2.05) is 240 Å². The maximum absolute atomic E-state index is 9.21. The van der Waals surface area contributed by atoms with Gasteiger partial charge in [-0.2, -0.15) is 25.5 Å². The van der Waals surface area contributed by atoms with Crippen LogP contribution in [0.3, 0.4) is 0 Å². The molecule has 1 aliphatic rings. The number of fused-ring (bicyclic) bond motifs is 3. The number of aryl methyl sites for hydroxylation is 10. The fourth-order valence-electron chi connectivity index (χ4n) is 18.8. The van der Waals surface area contributed by atoms with Gasteiger partial charge in [0.05, 0.1) is 55.4 Å². The second-order valence-electron chi connectivity index (χ2n) is 36.5. The fourth-order valence-corrected chi connectivity index (χ4v) is 18.8. The normalized spacial score (nSPS) is 11.0.